The van der Waals surface area contributed by atoms with Gasteiger partial charge in [0.25, 0.3) is 0 Å². The zero-order valence-electron chi connectivity index (χ0n) is 6.41. The van der Waals surface area contributed by atoms with Crippen molar-refractivity contribution >= 4 is 0 Å². The summed E-state index contributed by atoms with van der Waals surface area (Å²) in [7, 11) is 1.97. The van der Waals surface area contributed by atoms with Crippen LogP contribution in [0.3, 0.4) is 0 Å². The van der Waals surface area contributed by atoms with E-state index in [1.54, 1.807) is 0 Å². The Balaban J connectivity index is 2.20. The van der Waals surface area contributed by atoms with Crippen LogP contribution in [0.15, 0.2) is 12.4 Å². The fourth-order valence-corrected chi connectivity index (χ4v) is 1.42. The Morgan fingerprint density at radius 2 is 2.40 bits per heavy atom. The van der Waals surface area contributed by atoms with Gasteiger partial charge in [0.05, 0.1) is 6.20 Å². The Labute approximate surface area is 60.9 Å². The van der Waals surface area contributed by atoms with E-state index in [2.05, 4.69) is 18.2 Å². The van der Waals surface area contributed by atoms with Gasteiger partial charge in [-0.25, -0.2) is 0 Å². The van der Waals surface area contributed by atoms with Crippen LogP contribution in [0.1, 0.15) is 24.8 Å². The lowest BCUT2D eigenvalue weighted by Crippen LogP contribution is -1.84. The van der Waals surface area contributed by atoms with Crippen molar-refractivity contribution in [2.45, 2.75) is 19.3 Å². The maximum absolute atomic E-state index is 4.13. The number of rotatable bonds is 1. The maximum Gasteiger partial charge on any atom is 0.0524 e. The Morgan fingerprint density at radius 3 is 2.80 bits per heavy atom. The molecule has 2 unspecified atom stereocenters. The van der Waals surface area contributed by atoms with E-state index in [0.717, 1.165) is 11.8 Å². The van der Waals surface area contributed by atoms with E-state index in [9.17, 15) is 0 Å². The van der Waals surface area contributed by atoms with Gasteiger partial charge in [-0.2, -0.15) is 5.10 Å². The van der Waals surface area contributed by atoms with Crippen molar-refractivity contribution < 1.29 is 0 Å². The quantitative estimate of drug-likeness (QED) is 0.572. The van der Waals surface area contributed by atoms with Gasteiger partial charge in [-0.3, -0.25) is 4.68 Å². The van der Waals surface area contributed by atoms with Crippen molar-refractivity contribution in [1.29, 1.82) is 0 Å². The molecule has 2 nitrogen and oxygen atoms in total. The fraction of sp³-hybridized carbons (Fsp3) is 0.625. The minimum Gasteiger partial charge on any atom is -0.276 e. The monoisotopic (exact) mass is 136 g/mol. The van der Waals surface area contributed by atoms with Crippen LogP contribution in [0.25, 0.3) is 0 Å². The lowest BCUT2D eigenvalue weighted by molar-refractivity contribution is 0.766. The highest BCUT2D eigenvalue weighted by atomic mass is 15.2. The van der Waals surface area contributed by atoms with Crippen molar-refractivity contribution in [3.05, 3.63) is 18.0 Å². The van der Waals surface area contributed by atoms with E-state index in [4.69, 9.17) is 0 Å². The van der Waals surface area contributed by atoms with E-state index in [1.807, 2.05) is 17.9 Å². The number of aryl methyl sites for hydroxylation is 1. The lowest BCUT2D eigenvalue weighted by atomic mass is 10.2. The summed E-state index contributed by atoms with van der Waals surface area (Å²) in [5, 5.41) is 4.13. The molecule has 0 aromatic carbocycles. The molecule has 1 aromatic rings. The molecule has 0 N–H and O–H groups in total. The van der Waals surface area contributed by atoms with E-state index in [0.29, 0.717) is 0 Å². The van der Waals surface area contributed by atoms with Crippen molar-refractivity contribution in [2.75, 3.05) is 0 Å². The molecule has 1 aliphatic carbocycles. The normalized spacial score (nSPS) is 30.6. The molecule has 0 saturated heterocycles. The molecule has 2 heteroatoms. The maximum atomic E-state index is 4.13. The number of nitrogens with zero attached hydrogens (tertiary/aromatic N) is 2. The third kappa shape index (κ3) is 0.838. The first-order chi connectivity index (χ1) is 4.77. The summed E-state index contributed by atoms with van der Waals surface area (Å²) in [6.45, 7) is 2.29. The molecule has 10 heavy (non-hydrogen) atoms. The standard InChI is InChI=1S/C8H12N2/c1-6-3-8(6)7-4-9-10(2)5-7/h4-6,8H,3H2,1-2H3. The first-order valence-corrected chi connectivity index (χ1v) is 3.76. The highest BCUT2D eigenvalue weighted by Crippen LogP contribution is 2.46. The zero-order chi connectivity index (χ0) is 7.14. The summed E-state index contributed by atoms with van der Waals surface area (Å²) >= 11 is 0. The second-order valence-electron chi connectivity index (χ2n) is 3.27. The number of hydrogen-bond acceptors (Lipinski definition) is 1. The second-order valence-corrected chi connectivity index (χ2v) is 3.27. The Kier molecular flexibility index (Phi) is 1.10. The van der Waals surface area contributed by atoms with Crippen molar-refractivity contribution in [3.63, 3.8) is 0 Å². The van der Waals surface area contributed by atoms with Crippen LogP contribution < -0.4 is 0 Å². The fourth-order valence-electron chi connectivity index (χ4n) is 1.42. The summed E-state index contributed by atoms with van der Waals surface area (Å²) in [5.74, 6) is 1.71. The van der Waals surface area contributed by atoms with Crippen molar-refractivity contribution in [1.82, 2.24) is 9.78 Å². The largest absolute Gasteiger partial charge is 0.276 e. The highest BCUT2D eigenvalue weighted by molar-refractivity contribution is 5.19. The molecule has 0 bridgehead atoms. The average Bonchev–Trinajstić information content (AvgIpc) is 2.42. The van der Waals surface area contributed by atoms with Crippen LogP contribution in [-0.2, 0) is 7.05 Å². The van der Waals surface area contributed by atoms with Crippen molar-refractivity contribution in [2.24, 2.45) is 13.0 Å². The van der Waals surface area contributed by atoms with Crippen LogP contribution >= 0.6 is 0 Å². The number of aromatic nitrogens is 2. The molecule has 2 atom stereocenters. The van der Waals surface area contributed by atoms with Crippen molar-refractivity contribution in [3.8, 4) is 0 Å². The molecule has 1 aromatic heterocycles. The van der Waals surface area contributed by atoms with Gasteiger partial charge >= 0.3 is 0 Å². The van der Waals surface area contributed by atoms with E-state index in [-0.39, 0.29) is 0 Å². The van der Waals surface area contributed by atoms with Gasteiger partial charge in [0, 0.05) is 13.2 Å². The van der Waals surface area contributed by atoms with E-state index < -0.39 is 0 Å². The minimum atomic E-state index is 0.814. The molecule has 1 saturated carbocycles. The Hall–Kier alpha value is -0.790. The molecule has 54 valence electrons. The van der Waals surface area contributed by atoms with Gasteiger partial charge in [-0.1, -0.05) is 6.92 Å². The second kappa shape index (κ2) is 1.84. The first kappa shape index (κ1) is 5.96. The van der Waals surface area contributed by atoms with Gasteiger partial charge in [0.15, 0.2) is 0 Å². The molecular formula is C8H12N2. The van der Waals surface area contributed by atoms with E-state index >= 15 is 0 Å². The van der Waals surface area contributed by atoms with Gasteiger partial charge in [-0.05, 0) is 23.8 Å². The Morgan fingerprint density at radius 1 is 1.70 bits per heavy atom. The van der Waals surface area contributed by atoms with Crippen LogP contribution in [0.5, 0.6) is 0 Å². The SMILES string of the molecule is CC1CC1c1cnn(C)c1. The van der Waals surface area contributed by atoms with Gasteiger partial charge in [-0.15, -0.1) is 0 Å². The molecule has 2 rings (SSSR count). The topological polar surface area (TPSA) is 17.8 Å². The van der Waals surface area contributed by atoms with Gasteiger partial charge in [0.2, 0.25) is 0 Å². The average molecular weight is 136 g/mol. The number of hydrogen-bond donors (Lipinski definition) is 0. The Bertz CT molecular complexity index is 239. The van der Waals surface area contributed by atoms with Gasteiger partial charge in [0.1, 0.15) is 0 Å². The molecule has 0 aliphatic heterocycles. The first-order valence-electron chi connectivity index (χ1n) is 3.76. The molecule has 1 fully saturated rings. The summed E-state index contributed by atoms with van der Waals surface area (Å²) in [6.07, 6.45) is 5.45. The van der Waals surface area contributed by atoms with Crippen LogP contribution in [0.2, 0.25) is 0 Å². The molecule has 1 aliphatic rings. The molecule has 1 heterocycles. The summed E-state index contributed by atoms with van der Waals surface area (Å²) < 4.78 is 1.88. The van der Waals surface area contributed by atoms with Crippen LogP contribution in [-0.4, -0.2) is 9.78 Å². The zero-order valence-corrected chi connectivity index (χ0v) is 6.41. The minimum absolute atomic E-state index is 0.814. The summed E-state index contributed by atoms with van der Waals surface area (Å²) in [6, 6.07) is 0. The summed E-state index contributed by atoms with van der Waals surface area (Å²) in [4.78, 5) is 0. The third-order valence-electron chi connectivity index (χ3n) is 2.26. The highest BCUT2D eigenvalue weighted by Gasteiger charge is 2.34. The molecule has 0 amide bonds. The molecule has 0 spiro atoms. The van der Waals surface area contributed by atoms with Crippen LogP contribution in [0.4, 0.5) is 0 Å². The summed E-state index contributed by atoms with van der Waals surface area (Å²) in [5.41, 5.74) is 1.41. The molecule has 0 radical (unpaired) electrons. The van der Waals surface area contributed by atoms with Gasteiger partial charge < -0.3 is 0 Å². The molecular weight excluding hydrogens is 124 g/mol. The predicted molar refractivity (Wildman–Crippen MR) is 39.7 cm³/mol. The third-order valence-corrected chi connectivity index (χ3v) is 2.26. The lowest BCUT2D eigenvalue weighted by Gasteiger charge is -1.86. The van der Waals surface area contributed by atoms with E-state index in [1.165, 1.54) is 12.0 Å². The van der Waals surface area contributed by atoms with Crippen LogP contribution in [0, 0.1) is 5.92 Å². The predicted octanol–water partition coefficient (Wildman–Crippen LogP) is 1.54. The smallest absolute Gasteiger partial charge is 0.0524 e.